The molecule has 8 nitrogen and oxygen atoms in total. The highest BCUT2D eigenvalue weighted by Gasteiger charge is 2.34. The number of carbonyl (C=O) groups is 2. The number of ether oxygens (including phenoxy) is 1. The molecular formula is C31H41N5O3. The summed E-state index contributed by atoms with van der Waals surface area (Å²) in [7, 11) is 1.66. The van der Waals surface area contributed by atoms with Crippen LogP contribution in [0.2, 0.25) is 0 Å². The molecule has 3 unspecified atom stereocenters. The lowest BCUT2D eigenvalue weighted by atomic mass is 9.66. The number of ketones is 1. The van der Waals surface area contributed by atoms with Crippen molar-refractivity contribution in [3.05, 3.63) is 41.9 Å². The SMILES string of the molecule is COc1ccc2c(c1)CCN(C1CCN(c3cc(C(=O)CC4CCC5CCCCC5C4)ncn3)CC1)C(=O)N2. The smallest absolute Gasteiger partial charge is 0.322 e. The molecule has 2 aliphatic heterocycles. The van der Waals surface area contributed by atoms with E-state index >= 15 is 0 Å². The lowest BCUT2D eigenvalue weighted by Crippen LogP contribution is -2.49. The molecule has 2 amide bonds. The minimum atomic E-state index is -0.0328. The molecular weight excluding hydrogens is 490 g/mol. The number of nitrogens with zero attached hydrogens (tertiary/aromatic N) is 4. The number of anilines is 2. The highest BCUT2D eigenvalue weighted by molar-refractivity contribution is 5.95. The first kappa shape index (κ1) is 26.1. The van der Waals surface area contributed by atoms with Crippen molar-refractivity contribution in [1.82, 2.24) is 14.9 Å². The van der Waals surface area contributed by atoms with Gasteiger partial charge in [-0.2, -0.15) is 0 Å². The molecule has 3 atom stereocenters. The molecule has 1 aromatic carbocycles. The predicted octanol–water partition coefficient (Wildman–Crippen LogP) is 5.72. The molecule has 2 aliphatic carbocycles. The number of amides is 2. The Morgan fingerprint density at radius 2 is 1.82 bits per heavy atom. The second kappa shape index (κ2) is 11.5. The molecule has 4 aliphatic rings. The van der Waals surface area contributed by atoms with Crippen LogP contribution >= 0.6 is 0 Å². The maximum atomic E-state index is 13.2. The fourth-order valence-corrected chi connectivity index (χ4v) is 7.51. The van der Waals surface area contributed by atoms with Gasteiger partial charge in [-0.05, 0) is 80.0 Å². The van der Waals surface area contributed by atoms with Crippen LogP contribution in [0.3, 0.4) is 0 Å². The molecule has 0 radical (unpaired) electrons. The summed E-state index contributed by atoms with van der Waals surface area (Å²) in [5.41, 5.74) is 2.52. The number of hydrogen-bond acceptors (Lipinski definition) is 6. The van der Waals surface area contributed by atoms with E-state index in [-0.39, 0.29) is 17.9 Å². The van der Waals surface area contributed by atoms with Crippen molar-refractivity contribution in [3.8, 4) is 5.75 Å². The van der Waals surface area contributed by atoms with Gasteiger partial charge in [-0.1, -0.05) is 25.7 Å². The molecule has 8 heteroatoms. The highest BCUT2D eigenvalue weighted by Crippen LogP contribution is 2.43. The second-order valence-corrected chi connectivity index (χ2v) is 12.0. The predicted molar refractivity (Wildman–Crippen MR) is 151 cm³/mol. The molecule has 1 aromatic heterocycles. The van der Waals surface area contributed by atoms with Crippen LogP contribution in [0.4, 0.5) is 16.3 Å². The molecule has 0 bridgehead atoms. The maximum absolute atomic E-state index is 13.2. The van der Waals surface area contributed by atoms with Gasteiger partial charge < -0.3 is 19.9 Å². The average Bonchev–Trinajstić information content (AvgIpc) is 3.14. The number of carbonyl (C=O) groups excluding carboxylic acids is 2. The summed E-state index contributed by atoms with van der Waals surface area (Å²) in [5.74, 6) is 4.02. The molecule has 1 saturated heterocycles. The van der Waals surface area contributed by atoms with Gasteiger partial charge in [0.2, 0.25) is 0 Å². The van der Waals surface area contributed by atoms with Gasteiger partial charge in [-0.3, -0.25) is 4.79 Å². The van der Waals surface area contributed by atoms with Crippen LogP contribution in [0.25, 0.3) is 0 Å². The van der Waals surface area contributed by atoms with Crippen molar-refractivity contribution in [2.24, 2.45) is 17.8 Å². The largest absolute Gasteiger partial charge is 0.497 e. The molecule has 1 N–H and O–H groups in total. The minimum Gasteiger partial charge on any atom is -0.497 e. The van der Waals surface area contributed by atoms with Gasteiger partial charge in [0, 0.05) is 43.9 Å². The number of hydrogen-bond donors (Lipinski definition) is 1. The van der Waals surface area contributed by atoms with Crippen molar-refractivity contribution in [2.75, 3.05) is 37.0 Å². The Morgan fingerprint density at radius 1 is 1.00 bits per heavy atom. The summed E-state index contributed by atoms with van der Waals surface area (Å²) < 4.78 is 5.36. The molecule has 208 valence electrons. The van der Waals surface area contributed by atoms with E-state index in [2.05, 4.69) is 20.2 Å². The van der Waals surface area contributed by atoms with Gasteiger partial charge in [0.05, 0.1) is 7.11 Å². The normalized spacial score (nSPS) is 25.8. The van der Waals surface area contributed by atoms with E-state index in [1.807, 2.05) is 29.2 Å². The zero-order chi connectivity index (χ0) is 26.8. The Kier molecular flexibility index (Phi) is 7.71. The van der Waals surface area contributed by atoms with Crippen LogP contribution in [-0.2, 0) is 6.42 Å². The quantitative estimate of drug-likeness (QED) is 0.480. The van der Waals surface area contributed by atoms with Gasteiger partial charge in [0.15, 0.2) is 5.78 Å². The third-order valence-electron chi connectivity index (χ3n) is 9.73. The zero-order valence-electron chi connectivity index (χ0n) is 23.1. The molecule has 6 rings (SSSR count). The number of urea groups is 1. The van der Waals surface area contributed by atoms with E-state index in [0.717, 1.165) is 67.0 Å². The van der Waals surface area contributed by atoms with Crippen LogP contribution in [-0.4, -0.2) is 59.5 Å². The molecule has 2 saturated carbocycles. The van der Waals surface area contributed by atoms with Crippen LogP contribution in [0.15, 0.2) is 30.6 Å². The summed E-state index contributed by atoms with van der Waals surface area (Å²) in [6.45, 7) is 2.28. The van der Waals surface area contributed by atoms with Crippen molar-refractivity contribution >= 4 is 23.3 Å². The number of Topliss-reactive ketones (excluding diaryl/α,β-unsaturated/α-hetero) is 1. The summed E-state index contributed by atoms with van der Waals surface area (Å²) in [5, 5.41) is 3.09. The maximum Gasteiger partial charge on any atom is 0.322 e. The monoisotopic (exact) mass is 531 g/mol. The van der Waals surface area contributed by atoms with Gasteiger partial charge >= 0.3 is 6.03 Å². The average molecular weight is 532 g/mol. The Hall–Kier alpha value is -3.16. The van der Waals surface area contributed by atoms with Gasteiger partial charge in [-0.25, -0.2) is 14.8 Å². The van der Waals surface area contributed by atoms with E-state index in [9.17, 15) is 9.59 Å². The number of fused-ring (bicyclic) bond motifs is 2. The van der Waals surface area contributed by atoms with Crippen LogP contribution < -0.4 is 15.0 Å². The van der Waals surface area contributed by atoms with Gasteiger partial charge in [-0.15, -0.1) is 0 Å². The highest BCUT2D eigenvalue weighted by atomic mass is 16.5. The first-order valence-electron chi connectivity index (χ1n) is 14.9. The third kappa shape index (κ3) is 5.75. The molecule has 3 fully saturated rings. The van der Waals surface area contributed by atoms with Crippen molar-refractivity contribution < 1.29 is 14.3 Å². The van der Waals surface area contributed by atoms with Crippen molar-refractivity contribution in [1.29, 1.82) is 0 Å². The molecule has 2 aromatic rings. The van der Waals surface area contributed by atoms with Crippen molar-refractivity contribution in [2.45, 2.75) is 76.7 Å². The number of methoxy groups -OCH3 is 1. The number of benzene rings is 1. The topological polar surface area (TPSA) is 87.7 Å². The molecule has 0 spiro atoms. The number of nitrogens with one attached hydrogen (secondary N) is 1. The summed E-state index contributed by atoms with van der Waals surface area (Å²) in [6.07, 6.45) is 13.9. The summed E-state index contributed by atoms with van der Waals surface area (Å²) in [6, 6.07) is 7.85. The van der Waals surface area contributed by atoms with E-state index in [1.54, 1.807) is 13.4 Å². The van der Waals surface area contributed by atoms with Gasteiger partial charge in [0.25, 0.3) is 0 Å². The van der Waals surface area contributed by atoms with Crippen LogP contribution in [0.1, 0.15) is 80.3 Å². The Bertz CT molecular complexity index is 1190. The van der Waals surface area contributed by atoms with E-state index in [0.29, 0.717) is 24.6 Å². The van der Waals surface area contributed by atoms with Crippen LogP contribution in [0, 0.1) is 17.8 Å². The Balaban J connectivity index is 1.04. The Morgan fingerprint density at radius 3 is 2.64 bits per heavy atom. The van der Waals surface area contributed by atoms with Crippen LogP contribution in [0.5, 0.6) is 5.75 Å². The number of rotatable bonds is 6. The lowest BCUT2D eigenvalue weighted by Gasteiger charge is -2.39. The molecule has 3 heterocycles. The van der Waals surface area contributed by atoms with E-state index in [4.69, 9.17) is 4.74 Å². The Labute approximate surface area is 231 Å². The second-order valence-electron chi connectivity index (χ2n) is 12.0. The fraction of sp³-hybridized carbons (Fsp3) is 0.613. The zero-order valence-corrected chi connectivity index (χ0v) is 23.1. The number of aromatic nitrogens is 2. The minimum absolute atomic E-state index is 0.0328. The third-order valence-corrected chi connectivity index (χ3v) is 9.73. The molecule has 39 heavy (non-hydrogen) atoms. The first-order valence-corrected chi connectivity index (χ1v) is 14.9. The standard InChI is InChI=1S/C31H41N5O3/c1-39-26-8-9-27-24(18-26)10-15-36(31(38)34-27)25-11-13-35(14-12-25)30-19-28(32-20-33-30)29(37)17-21-6-7-22-4-2-3-5-23(22)16-21/h8-9,18-23,25H,2-7,10-17H2,1H3,(H,34,38). The fourth-order valence-electron chi connectivity index (χ4n) is 7.51. The van der Waals surface area contributed by atoms with E-state index < -0.39 is 0 Å². The first-order chi connectivity index (χ1) is 19.1. The summed E-state index contributed by atoms with van der Waals surface area (Å²) in [4.78, 5) is 39.4. The van der Waals surface area contributed by atoms with Gasteiger partial charge in [0.1, 0.15) is 23.6 Å². The lowest BCUT2D eigenvalue weighted by molar-refractivity contribution is 0.0872. The van der Waals surface area contributed by atoms with E-state index in [1.165, 1.54) is 44.9 Å². The van der Waals surface area contributed by atoms with Crippen molar-refractivity contribution in [3.63, 3.8) is 0 Å². The number of piperidine rings is 1. The summed E-state index contributed by atoms with van der Waals surface area (Å²) >= 11 is 0.